The summed E-state index contributed by atoms with van der Waals surface area (Å²) in [6, 6.07) is 2.38. The molecule has 0 heterocycles. The predicted molar refractivity (Wildman–Crippen MR) is 48.0 cm³/mol. The zero-order valence-corrected chi connectivity index (χ0v) is 7.71. The number of benzene rings is 1. The summed E-state index contributed by atoms with van der Waals surface area (Å²) in [6.45, 7) is 0. The van der Waals surface area contributed by atoms with Gasteiger partial charge >= 0.3 is 12.4 Å². The zero-order valence-electron chi connectivity index (χ0n) is 7.71. The molecule has 1 rings (SSSR count). The van der Waals surface area contributed by atoms with Crippen LogP contribution in [0.25, 0.3) is 0 Å². The van der Waals surface area contributed by atoms with Crippen molar-refractivity contribution in [3.05, 3.63) is 29.6 Å². The van der Waals surface area contributed by atoms with E-state index >= 15 is 0 Å². The van der Waals surface area contributed by atoms with Gasteiger partial charge in [-0.05, 0) is 18.2 Å². The van der Waals surface area contributed by atoms with Gasteiger partial charge in [0.25, 0.3) is 5.91 Å². The molecular formula is C9H6F3NO3. The maximum Gasteiger partial charge on any atom is 0.337 e. The van der Waals surface area contributed by atoms with Gasteiger partial charge in [0.1, 0.15) is 5.82 Å². The Labute approximate surface area is 87.7 Å². The van der Waals surface area contributed by atoms with Gasteiger partial charge in [-0.3, -0.25) is 4.79 Å². The quantitative estimate of drug-likeness (QED) is 0.835. The number of carbonyl (C=O) groups is 2. The highest BCUT2D eigenvalue weighted by Crippen LogP contribution is 2.17. The first-order valence-corrected chi connectivity index (χ1v) is 4.03. The highest BCUT2D eigenvalue weighted by atomic mass is 19.3. The van der Waals surface area contributed by atoms with Crippen LogP contribution in [0.5, 0.6) is 0 Å². The number of carbonyl (C=O) groups excluding carboxylic acids is 1. The highest BCUT2D eigenvalue weighted by Gasteiger charge is 2.19. The predicted octanol–water partition coefficient (Wildman–Crippen LogP) is 1.73. The third-order valence-electron chi connectivity index (χ3n) is 1.67. The molecule has 0 aliphatic rings. The van der Waals surface area contributed by atoms with E-state index in [0.717, 1.165) is 12.1 Å². The molecule has 0 saturated heterocycles. The molecule has 0 radical (unpaired) electrons. The summed E-state index contributed by atoms with van der Waals surface area (Å²) in [4.78, 5) is 21.2. The van der Waals surface area contributed by atoms with Gasteiger partial charge in [-0.15, -0.1) is 0 Å². The topological polar surface area (TPSA) is 66.4 Å². The van der Waals surface area contributed by atoms with Gasteiger partial charge in [0, 0.05) is 0 Å². The fraction of sp³-hybridized carbons (Fsp3) is 0.111. The molecule has 1 aromatic rings. The van der Waals surface area contributed by atoms with Gasteiger partial charge < -0.3 is 10.4 Å². The fourth-order valence-corrected chi connectivity index (χ4v) is 0.990. The maximum absolute atomic E-state index is 12.7. The monoisotopic (exact) mass is 233 g/mol. The number of amides is 1. The largest absolute Gasteiger partial charge is 0.478 e. The molecule has 0 aromatic heterocycles. The van der Waals surface area contributed by atoms with E-state index < -0.39 is 29.7 Å². The molecule has 86 valence electrons. The normalized spacial score (nSPS) is 10.2. The second-order valence-electron chi connectivity index (χ2n) is 2.79. The summed E-state index contributed by atoms with van der Waals surface area (Å²) in [5, 5.41) is 10.3. The van der Waals surface area contributed by atoms with Crippen LogP contribution >= 0.6 is 0 Å². The Morgan fingerprint density at radius 1 is 1.31 bits per heavy atom. The second-order valence-corrected chi connectivity index (χ2v) is 2.79. The van der Waals surface area contributed by atoms with E-state index in [9.17, 15) is 22.8 Å². The molecule has 7 heteroatoms. The van der Waals surface area contributed by atoms with Gasteiger partial charge in [-0.1, -0.05) is 0 Å². The Kier molecular flexibility index (Phi) is 3.49. The molecule has 0 aliphatic carbocycles. The fourth-order valence-electron chi connectivity index (χ4n) is 0.990. The van der Waals surface area contributed by atoms with Crippen molar-refractivity contribution in [3.63, 3.8) is 0 Å². The van der Waals surface area contributed by atoms with E-state index in [2.05, 4.69) is 0 Å². The van der Waals surface area contributed by atoms with Crippen LogP contribution in [0.4, 0.5) is 18.9 Å². The van der Waals surface area contributed by atoms with Crippen molar-refractivity contribution in [2.45, 2.75) is 6.43 Å². The SMILES string of the molecule is O=C(O)c1cc(F)ccc1NC(=O)C(F)F. The molecule has 4 nitrogen and oxygen atoms in total. The summed E-state index contributed by atoms with van der Waals surface area (Å²) in [6.07, 6.45) is -3.27. The summed E-state index contributed by atoms with van der Waals surface area (Å²) in [5.74, 6) is -4.01. The molecule has 0 saturated carbocycles. The van der Waals surface area contributed by atoms with Crippen LogP contribution in [0.15, 0.2) is 18.2 Å². The van der Waals surface area contributed by atoms with Crippen molar-refractivity contribution in [1.29, 1.82) is 0 Å². The van der Waals surface area contributed by atoms with Crippen LogP contribution in [-0.4, -0.2) is 23.4 Å². The zero-order chi connectivity index (χ0) is 12.3. The number of carboxylic acid groups (broad SMARTS) is 1. The Morgan fingerprint density at radius 3 is 2.44 bits per heavy atom. The van der Waals surface area contributed by atoms with Crippen LogP contribution in [0, 0.1) is 5.82 Å². The first-order chi connectivity index (χ1) is 7.41. The molecule has 1 aromatic carbocycles. The Hall–Kier alpha value is -2.05. The first kappa shape index (κ1) is 12.0. The van der Waals surface area contributed by atoms with Crippen molar-refractivity contribution in [1.82, 2.24) is 0 Å². The number of carboxylic acids is 1. The van der Waals surface area contributed by atoms with Crippen LogP contribution < -0.4 is 5.32 Å². The van der Waals surface area contributed by atoms with Crippen molar-refractivity contribution in [3.8, 4) is 0 Å². The van der Waals surface area contributed by atoms with Crippen molar-refractivity contribution < 1.29 is 27.9 Å². The number of alkyl halides is 2. The third-order valence-corrected chi connectivity index (χ3v) is 1.67. The molecule has 0 unspecified atom stereocenters. The average Bonchev–Trinajstić information content (AvgIpc) is 2.20. The number of nitrogens with one attached hydrogen (secondary N) is 1. The Morgan fingerprint density at radius 2 is 1.94 bits per heavy atom. The number of anilines is 1. The molecule has 0 spiro atoms. The van der Waals surface area contributed by atoms with E-state index in [4.69, 9.17) is 5.11 Å². The van der Waals surface area contributed by atoms with Gasteiger partial charge in [0.2, 0.25) is 0 Å². The Bertz CT molecular complexity index is 434. The molecule has 0 bridgehead atoms. The second kappa shape index (κ2) is 4.65. The van der Waals surface area contributed by atoms with E-state index in [0.29, 0.717) is 6.07 Å². The summed E-state index contributed by atoms with van der Waals surface area (Å²) < 4.78 is 36.5. The first-order valence-electron chi connectivity index (χ1n) is 4.03. The molecule has 16 heavy (non-hydrogen) atoms. The minimum absolute atomic E-state index is 0.376. The number of hydrogen-bond acceptors (Lipinski definition) is 2. The lowest BCUT2D eigenvalue weighted by molar-refractivity contribution is -0.126. The maximum atomic E-state index is 12.7. The number of hydrogen-bond donors (Lipinski definition) is 2. The lowest BCUT2D eigenvalue weighted by atomic mass is 10.1. The van der Waals surface area contributed by atoms with Crippen molar-refractivity contribution in [2.24, 2.45) is 0 Å². The van der Waals surface area contributed by atoms with E-state index in [-0.39, 0.29) is 5.69 Å². The standard InChI is InChI=1S/C9H6F3NO3/c10-4-1-2-6(5(3-4)9(15)16)13-8(14)7(11)12/h1-3,7H,(H,13,14)(H,15,16). The van der Waals surface area contributed by atoms with Crippen LogP contribution in [0.1, 0.15) is 10.4 Å². The molecule has 2 N–H and O–H groups in total. The van der Waals surface area contributed by atoms with Crippen LogP contribution in [0.2, 0.25) is 0 Å². The number of halogens is 3. The van der Waals surface area contributed by atoms with E-state index in [1.807, 2.05) is 0 Å². The van der Waals surface area contributed by atoms with Gasteiger partial charge in [-0.25, -0.2) is 9.18 Å². The molecule has 0 fully saturated rings. The average molecular weight is 233 g/mol. The molecule has 0 atom stereocenters. The Balaban J connectivity index is 3.04. The van der Waals surface area contributed by atoms with Crippen LogP contribution in [-0.2, 0) is 4.79 Å². The lowest BCUT2D eigenvalue weighted by Crippen LogP contribution is -2.21. The lowest BCUT2D eigenvalue weighted by Gasteiger charge is -2.07. The van der Waals surface area contributed by atoms with Crippen molar-refractivity contribution in [2.75, 3.05) is 5.32 Å². The van der Waals surface area contributed by atoms with Crippen LogP contribution in [0.3, 0.4) is 0 Å². The molecule has 0 aliphatic heterocycles. The summed E-state index contributed by atoms with van der Waals surface area (Å²) in [5.41, 5.74) is -0.965. The molecular weight excluding hydrogens is 227 g/mol. The number of aromatic carboxylic acids is 1. The molecule has 1 amide bonds. The smallest absolute Gasteiger partial charge is 0.337 e. The van der Waals surface area contributed by atoms with E-state index in [1.165, 1.54) is 0 Å². The summed E-state index contributed by atoms with van der Waals surface area (Å²) in [7, 11) is 0. The summed E-state index contributed by atoms with van der Waals surface area (Å²) >= 11 is 0. The third kappa shape index (κ3) is 2.72. The minimum Gasteiger partial charge on any atom is -0.478 e. The minimum atomic E-state index is -3.27. The van der Waals surface area contributed by atoms with Gasteiger partial charge in [-0.2, -0.15) is 8.78 Å². The van der Waals surface area contributed by atoms with E-state index in [1.54, 1.807) is 5.32 Å². The highest BCUT2D eigenvalue weighted by molar-refractivity contribution is 6.01. The van der Waals surface area contributed by atoms with Gasteiger partial charge in [0.05, 0.1) is 11.3 Å². The van der Waals surface area contributed by atoms with Crippen molar-refractivity contribution >= 4 is 17.6 Å². The van der Waals surface area contributed by atoms with Gasteiger partial charge in [0.15, 0.2) is 0 Å². The number of rotatable bonds is 3.